The second kappa shape index (κ2) is 7.96. The van der Waals surface area contributed by atoms with Crippen LogP contribution in [0.1, 0.15) is 34.6 Å². The molecule has 0 heterocycles. The first-order valence-corrected chi connectivity index (χ1v) is 3.88. The van der Waals surface area contributed by atoms with E-state index in [0.717, 1.165) is 12.5 Å². The molecule has 0 aliphatic rings. The minimum absolute atomic E-state index is 0.681. The molecule has 1 nitrogen and oxygen atoms in total. The maximum atomic E-state index is 5.37. The molecule has 0 bridgehead atoms. The van der Waals surface area contributed by atoms with Crippen molar-refractivity contribution >= 4 is 0 Å². The normalized spacial score (nSPS) is 12.3. The Kier molecular flexibility index (Phi) is 10.4. The summed E-state index contributed by atoms with van der Waals surface area (Å²) in [5.74, 6) is 1.42. The van der Waals surface area contributed by atoms with E-state index < -0.39 is 0 Å². The van der Waals surface area contributed by atoms with Gasteiger partial charge in [0.05, 0.1) is 0 Å². The first-order valence-electron chi connectivity index (χ1n) is 3.88. The fourth-order valence-electron chi connectivity index (χ4n) is 0.272. The van der Waals surface area contributed by atoms with Crippen LogP contribution < -0.4 is 5.73 Å². The Hall–Kier alpha value is -0.0400. The van der Waals surface area contributed by atoms with Gasteiger partial charge in [0.15, 0.2) is 0 Å². The molecule has 0 fully saturated rings. The standard InChI is InChI=1S/C6H15N.C2H6/c1-5(2)6(3)4-7;1-2/h5-6H,4,7H2,1-3H3;1-2H3. The lowest BCUT2D eigenvalue weighted by Crippen LogP contribution is -2.15. The van der Waals surface area contributed by atoms with Crippen molar-refractivity contribution in [3.05, 3.63) is 0 Å². The van der Waals surface area contributed by atoms with Gasteiger partial charge in [-0.15, -0.1) is 0 Å². The lowest BCUT2D eigenvalue weighted by atomic mass is 9.99. The quantitative estimate of drug-likeness (QED) is 0.611. The zero-order valence-electron chi connectivity index (χ0n) is 7.44. The molecule has 0 aromatic rings. The zero-order valence-corrected chi connectivity index (χ0v) is 7.44. The summed E-state index contributed by atoms with van der Waals surface area (Å²) in [5, 5.41) is 0. The van der Waals surface area contributed by atoms with Crippen molar-refractivity contribution < 1.29 is 0 Å². The van der Waals surface area contributed by atoms with Gasteiger partial charge < -0.3 is 5.73 Å². The van der Waals surface area contributed by atoms with Crippen LogP contribution in [-0.4, -0.2) is 6.54 Å². The second-order valence-electron chi connectivity index (χ2n) is 2.46. The van der Waals surface area contributed by atoms with Crippen LogP contribution in [-0.2, 0) is 0 Å². The van der Waals surface area contributed by atoms with E-state index in [4.69, 9.17) is 5.73 Å². The second-order valence-corrected chi connectivity index (χ2v) is 2.46. The maximum Gasteiger partial charge on any atom is -0.00491 e. The van der Waals surface area contributed by atoms with Crippen molar-refractivity contribution in [3.8, 4) is 0 Å². The monoisotopic (exact) mass is 131 g/mol. The summed E-state index contributed by atoms with van der Waals surface area (Å²) in [5.41, 5.74) is 5.37. The van der Waals surface area contributed by atoms with Crippen LogP contribution >= 0.6 is 0 Å². The predicted molar refractivity (Wildman–Crippen MR) is 44.4 cm³/mol. The van der Waals surface area contributed by atoms with E-state index in [2.05, 4.69) is 20.8 Å². The highest BCUT2D eigenvalue weighted by molar-refractivity contribution is 4.55. The fraction of sp³-hybridized carbons (Fsp3) is 1.00. The number of hydrogen-bond acceptors (Lipinski definition) is 1. The van der Waals surface area contributed by atoms with Crippen molar-refractivity contribution in [2.24, 2.45) is 17.6 Å². The largest absolute Gasteiger partial charge is 0.330 e. The third-order valence-corrected chi connectivity index (χ3v) is 1.51. The molecule has 1 atom stereocenters. The number of hydrogen-bond donors (Lipinski definition) is 1. The van der Waals surface area contributed by atoms with Gasteiger partial charge in [0.2, 0.25) is 0 Å². The smallest absolute Gasteiger partial charge is 0.00491 e. The van der Waals surface area contributed by atoms with Crippen LogP contribution in [0, 0.1) is 11.8 Å². The molecule has 0 aromatic carbocycles. The Morgan fingerprint density at radius 3 is 1.44 bits per heavy atom. The Labute approximate surface area is 59.6 Å². The van der Waals surface area contributed by atoms with Crippen molar-refractivity contribution in [2.45, 2.75) is 34.6 Å². The lowest BCUT2D eigenvalue weighted by molar-refractivity contribution is 0.429. The molecule has 9 heavy (non-hydrogen) atoms. The predicted octanol–water partition coefficient (Wildman–Crippen LogP) is 2.26. The molecule has 58 valence electrons. The highest BCUT2D eigenvalue weighted by atomic mass is 14.5. The van der Waals surface area contributed by atoms with E-state index in [-0.39, 0.29) is 0 Å². The summed E-state index contributed by atoms with van der Waals surface area (Å²) in [4.78, 5) is 0. The fourth-order valence-corrected chi connectivity index (χ4v) is 0.272. The average Bonchev–Trinajstić information content (AvgIpc) is 1.91. The van der Waals surface area contributed by atoms with Gasteiger partial charge in [-0.3, -0.25) is 0 Å². The third-order valence-electron chi connectivity index (χ3n) is 1.51. The maximum absolute atomic E-state index is 5.37. The molecule has 0 radical (unpaired) electrons. The highest BCUT2D eigenvalue weighted by Gasteiger charge is 2.01. The Morgan fingerprint density at radius 2 is 1.44 bits per heavy atom. The number of rotatable bonds is 2. The molecule has 0 amide bonds. The minimum Gasteiger partial charge on any atom is -0.330 e. The Balaban J connectivity index is 0. The summed E-state index contributed by atoms with van der Waals surface area (Å²) in [6.07, 6.45) is 0. The van der Waals surface area contributed by atoms with Gasteiger partial charge in [0.1, 0.15) is 0 Å². The molecule has 2 N–H and O–H groups in total. The molecule has 1 unspecified atom stereocenters. The first-order chi connectivity index (χ1) is 4.18. The van der Waals surface area contributed by atoms with Gasteiger partial charge in [-0.1, -0.05) is 34.6 Å². The first kappa shape index (κ1) is 11.7. The van der Waals surface area contributed by atoms with Gasteiger partial charge in [-0.25, -0.2) is 0 Å². The van der Waals surface area contributed by atoms with Gasteiger partial charge in [-0.2, -0.15) is 0 Å². The van der Waals surface area contributed by atoms with E-state index in [9.17, 15) is 0 Å². The number of nitrogens with two attached hydrogens (primary N) is 1. The van der Waals surface area contributed by atoms with Crippen molar-refractivity contribution in [1.82, 2.24) is 0 Å². The van der Waals surface area contributed by atoms with Crippen LogP contribution in [0.25, 0.3) is 0 Å². The molecule has 0 aliphatic carbocycles. The molecule has 0 aromatic heterocycles. The van der Waals surface area contributed by atoms with Gasteiger partial charge in [0.25, 0.3) is 0 Å². The van der Waals surface area contributed by atoms with Crippen LogP contribution in [0.2, 0.25) is 0 Å². The minimum atomic E-state index is 0.681. The van der Waals surface area contributed by atoms with Gasteiger partial charge >= 0.3 is 0 Å². The molecular formula is C8H21N. The molecule has 1 heteroatoms. The summed E-state index contributed by atoms with van der Waals surface area (Å²) in [6.45, 7) is 11.4. The summed E-state index contributed by atoms with van der Waals surface area (Å²) in [7, 11) is 0. The molecule has 0 saturated carbocycles. The third kappa shape index (κ3) is 7.96. The topological polar surface area (TPSA) is 26.0 Å². The highest BCUT2D eigenvalue weighted by Crippen LogP contribution is 2.05. The van der Waals surface area contributed by atoms with Crippen molar-refractivity contribution in [3.63, 3.8) is 0 Å². The van der Waals surface area contributed by atoms with E-state index in [1.807, 2.05) is 13.8 Å². The van der Waals surface area contributed by atoms with E-state index >= 15 is 0 Å². The van der Waals surface area contributed by atoms with Gasteiger partial charge in [0, 0.05) is 0 Å². The van der Waals surface area contributed by atoms with Crippen LogP contribution in [0.3, 0.4) is 0 Å². The van der Waals surface area contributed by atoms with Crippen molar-refractivity contribution in [1.29, 1.82) is 0 Å². The molecule has 0 aliphatic heterocycles. The average molecular weight is 131 g/mol. The Morgan fingerprint density at radius 1 is 1.11 bits per heavy atom. The van der Waals surface area contributed by atoms with E-state index in [0.29, 0.717) is 5.92 Å². The molecule has 0 saturated heterocycles. The zero-order chi connectivity index (χ0) is 7.86. The Bertz CT molecular complexity index is 41.8. The molecular weight excluding hydrogens is 110 g/mol. The van der Waals surface area contributed by atoms with Crippen LogP contribution in [0.4, 0.5) is 0 Å². The SMILES string of the molecule is CC.CC(C)C(C)CN. The van der Waals surface area contributed by atoms with Gasteiger partial charge in [-0.05, 0) is 18.4 Å². The van der Waals surface area contributed by atoms with Crippen molar-refractivity contribution in [2.75, 3.05) is 6.54 Å². The van der Waals surface area contributed by atoms with Crippen LogP contribution in [0.15, 0.2) is 0 Å². The molecule has 0 spiro atoms. The summed E-state index contributed by atoms with van der Waals surface area (Å²) >= 11 is 0. The molecule has 0 rings (SSSR count). The van der Waals surface area contributed by atoms with E-state index in [1.54, 1.807) is 0 Å². The van der Waals surface area contributed by atoms with E-state index in [1.165, 1.54) is 0 Å². The lowest BCUT2D eigenvalue weighted by Gasteiger charge is -2.10. The summed E-state index contributed by atoms with van der Waals surface area (Å²) < 4.78 is 0. The van der Waals surface area contributed by atoms with Crippen LogP contribution in [0.5, 0.6) is 0 Å². The summed E-state index contributed by atoms with van der Waals surface area (Å²) in [6, 6.07) is 0.